The Kier molecular flexibility index (Phi) is 10.6. The van der Waals surface area contributed by atoms with Crippen molar-refractivity contribution in [2.45, 2.75) is 9.79 Å². The molecule has 0 N–H and O–H groups in total. The van der Waals surface area contributed by atoms with E-state index in [-0.39, 0.29) is 47.5 Å². The van der Waals surface area contributed by atoms with Gasteiger partial charge in [-0.2, -0.15) is 0 Å². The van der Waals surface area contributed by atoms with Gasteiger partial charge in [0.2, 0.25) is 0 Å². The van der Waals surface area contributed by atoms with E-state index in [0.717, 1.165) is 7.14 Å². The summed E-state index contributed by atoms with van der Waals surface area (Å²) in [5, 5.41) is 0. The molecule has 23 heavy (non-hydrogen) atoms. The van der Waals surface area contributed by atoms with Crippen LogP contribution in [0.3, 0.4) is 0 Å². The van der Waals surface area contributed by atoms with Crippen molar-refractivity contribution in [2.24, 2.45) is 0 Å². The zero-order chi connectivity index (χ0) is 17.0. The van der Waals surface area contributed by atoms with Gasteiger partial charge in [-0.1, -0.05) is 0 Å². The van der Waals surface area contributed by atoms with Gasteiger partial charge in [-0.15, -0.1) is 0 Å². The summed E-state index contributed by atoms with van der Waals surface area (Å²) in [6.07, 6.45) is 0. The van der Waals surface area contributed by atoms with Crippen LogP contribution in [0.15, 0.2) is 58.3 Å². The molecule has 0 aliphatic carbocycles. The molecule has 0 atom stereocenters. The zero-order valence-corrected chi connectivity index (χ0v) is 19.5. The smallest absolute Gasteiger partial charge is 0.744 e. The molecule has 0 saturated heterocycles. The number of hydrogen-bond acceptors (Lipinski definition) is 6. The van der Waals surface area contributed by atoms with Gasteiger partial charge in [0.25, 0.3) is 0 Å². The third-order valence-corrected chi connectivity index (χ3v) is 5.34. The van der Waals surface area contributed by atoms with Crippen LogP contribution in [0.4, 0.5) is 0 Å². The molecule has 0 saturated carbocycles. The number of rotatable bonds is 2. The van der Waals surface area contributed by atoms with E-state index >= 15 is 0 Å². The van der Waals surface area contributed by atoms with E-state index in [9.17, 15) is 25.9 Å². The molecule has 0 unspecified atom stereocenters. The van der Waals surface area contributed by atoms with Crippen molar-refractivity contribution in [3.63, 3.8) is 0 Å². The monoisotopic (exact) mass is 606 g/mol. The molecule has 11 heteroatoms. The Morgan fingerprint density at radius 1 is 0.609 bits per heavy atom. The second-order valence-corrected chi connectivity index (χ2v) is 9.07. The van der Waals surface area contributed by atoms with Crippen molar-refractivity contribution in [2.75, 3.05) is 0 Å². The summed E-state index contributed by atoms with van der Waals surface area (Å²) >= 11 is 4.06. The molecule has 0 heterocycles. The third kappa shape index (κ3) is 9.30. The molecule has 0 aliphatic heterocycles. The molecule has 6 nitrogen and oxygen atoms in total. The Balaban J connectivity index is 0.000000403. The standard InChI is InChI=1S/2C6H5IO3S.Ca/c2*7-5-1-3-6(4-2-5)11(8,9)10;/h2*1-4H,(H,8,9,10);/q;;+2/p-2. The Morgan fingerprint density at radius 3 is 1.00 bits per heavy atom. The van der Waals surface area contributed by atoms with Gasteiger partial charge in [0.05, 0.1) is 9.79 Å². The van der Waals surface area contributed by atoms with Gasteiger partial charge in [0.15, 0.2) is 0 Å². The van der Waals surface area contributed by atoms with Crippen LogP contribution in [-0.4, -0.2) is 63.7 Å². The zero-order valence-electron chi connectivity index (χ0n) is 11.3. The Hall–Kier alpha value is 0.980. The predicted molar refractivity (Wildman–Crippen MR) is 100.0 cm³/mol. The van der Waals surface area contributed by atoms with E-state index in [2.05, 4.69) is 0 Å². The average molecular weight is 606 g/mol. The van der Waals surface area contributed by atoms with Crippen LogP contribution in [0.2, 0.25) is 0 Å². The number of hydrogen-bond donors (Lipinski definition) is 0. The fourth-order valence-corrected chi connectivity index (χ4v) is 2.86. The minimum atomic E-state index is -4.27. The fraction of sp³-hybridized carbons (Fsp3) is 0. The van der Waals surface area contributed by atoms with E-state index in [0.29, 0.717) is 0 Å². The molecule has 0 aromatic heterocycles. The van der Waals surface area contributed by atoms with Crippen LogP contribution in [0.25, 0.3) is 0 Å². The summed E-state index contributed by atoms with van der Waals surface area (Å²) in [5.74, 6) is 0. The van der Waals surface area contributed by atoms with Crippen LogP contribution in [0.1, 0.15) is 0 Å². The van der Waals surface area contributed by atoms with Crippen molar-refractivity contribution in [3.8, 4) is 0 Å². The largest absolute Gasteiger partial charge is 2.00 e. The molecule has 2 aromatic rings. The molecule has 0 amide bonds. The molecule has 2 aromatic carbocycles. The van der Waals surface area contributed by atoms with Crippen LogP contribution < -0.4 is 0 Å². The Labute approximate surface area is 191 Å². The van der Waals surface area contributed by atoms with Gasteiger partial charge in [-0.05, 0) is 93.7 Å². The van der Waals surface area contributed by atoms with Crippen molar-refractivity contribution in [1.29, 1.82) is 0 Å². The molecule has 120 valence electrons. The van der Waals surface area contributed by atoms with Crippen LogP contribution in [0.5, 0.6) is 0 Å². The normalized spacial score (nSPS) is 11.0. The molecular weight excluding hydrogens is 598 g/mol. The van der Waals surface area contributed by atoms with E-state index in [4.69, 9.17) is 0 Å². The molecule has 0 aliphatic rings. The maximum atomic E-state index is 10.4. The minimum Gasteiger partial charge on any atom is -0.744 e. The van der Waals surface area contributed by atoms with Crippen LogP contribution in [-0.2, 0) is 20.2 Å². The first-order valence-corrected chi connectivity index (χ1v) is 10.4. The summed E-state index contributed by atoms with van der Waals surface area (Å²) < 4.78 is 64.1. The van der Waals surface area contributed by atoms with Gasteiger partial charge in [-0.25, -0.2) is 16.8 Å². The molecule has 0 spiro atoms. The molecule has 0 fully saturated rings. The summed E-state index contributed by atoms with van der Waals surface area (Å²) in [4.78, 5) is -0.365. The third-order valence-electron chi connectivity index (χ3n) is 2.20. The maximum absolute atomic E-state index is 10.4. The van der Waals surface area contributed by atoms with Gasteiger partial charge < -0.3 is 9.11 Å². The number of halogens is 2. The van der Waals surface area contributed by atoms with E-state index in [1.54, 1.807) is 24.3 Å². The maximum Gasteiger partial charge on any atom is 2.00 e. The first kappa shape index (κ1) is 24.0. The van der Waals surface area contributed by atoms with E-state index in [1.165, 1.54) is 24.3 Å². The first-order chi connectivity index (χ1) is 10.00. The summed E-state index contributed by atoms with van der Waals surface area (Å²) in [6.45, 7) is 0. The van der Waals surface area contributed by atoms with E-state index in [1.807, 2.05) is 45.2 Å². The van der Waals surface area contributed by atoms with Gasteiger partial charge in [-0.3, -0.25) is 0 Å². The molecule has 0 radical (unpaired) electrons. The van der Waals surface area contributed by atoms with E-state index < -0.39 is 20.2 Å². The second-order valence-electron chi connectivity index (χ2n) is 3.82. The predicted octanol–water partition coefficient (Wildman–Crippen LogP) is 2.01. The second kappa shape index (κ2) is 10.2. The number of benzene rings is 2. The van der Waals surface area contributed by atoms with Crippen molar-refractivity contribution in [1.82, 2.24) is 0 Å². The average Bonchev–Trinajstić information content (AvgIpc) is 2.38. The summed E-state index contributed by atoms with van der Waals surface area (Å²) in [5.41, 5.74) is 0. The molecular formula is C12H8CaI2O6S2. The fourth-order valence-electron chi connectivity index (χ4n) is 1.20. The minimum absolute atomic E-state index is 0. The Bertz CT molecular complexity index is 761. The molecule has 0 bridgehead atoms. The quantitative estimate of drug-likeness (QED) is 0.294. The first-order valence-electron chi connectivity index (χ1n) is 5.43. The Morgan fingerprint density at radius 2 is 0.826 bits per heavy atom. The molecule has 2 rings (SSSR count). The topological polar surface area (TPSA) is 114 Å². The van der Waals surface area contributed by atoms with Gasteiger partial charge in [0, 0.05) is 7.14 Å². The van der Waals surface area contributed by atoms with Crippen molar-refractivity contribution >= 4 is 103 Å². The SMILES string of the molecule is O=S(=O)([O-])c1ccc(I)cc1.O=S(=O)([O-])c1ccc(I)cc1.[Ca+2]. The summed E-state index contributed by atoms with van der Waals surface area (Å²) in [7, 11) is -8.55. The van der Waals surface area contributed by atoms with Gasteiger partial charge in [0.1, 0.15) is 20.2 Å². The van der Waals surface area contributed by atoms with Crippen molar-refractivity contribution in [3.05, 3.63) is 55.7 Å². The van der Waals surface area contributed by atoms with Crippen LogP contribution in [0, 0.1) is 7.14 Å². The summed E-state index contributed by atoms with van der Waals surface area (Å²) in [6, 6.07) is 11.5. The van der Waals surface area contributed by atoms with Gasteiger partial charge >= 0.3 is 37.7 Å². The van der Waals surface area contributed by atoms with Crippen molar-refractivity contribution < 1.29 is 25.9 Å². The van der Waals surface area contributed by atoms with Crippen LogP contribution >= 0.6 is 45.2 Å².